The summed E-state index contributed by atoms with van der Waals surface area (Å²) < 4.78 is 0. The number of hydrogen-bond donors (Lipinski definition) is 2. The van der Waals surface area contributed by atoms with Gasteiger partial charge in [0.1, 0.15) is 0 Å². The molecule has 2 aliphatic carbocycles. The summed E-state index contributed by atoms with van der Waals surface area (Å²) in [5.41, 5.74) is 5.37. The third-order valence-corrected chi connectivity index (χ3v) is 4.12. The Hall–Kier alpha value is -0.570. The summed E-state index contributed by atoms with van der Waals surface area (Å²) in [5.74, 6) is 0.984. The summed E-state index contributed by atoms with van der Waals surface area (Å²) in [6.07, 6.45) is 9.20. The molecule has 0 aromatic rings. The van der Waals surface area contributed by atoms with Gasteiger partial charge in [0.05, 0.1) is 5.54 Å². The normalized spacial score (nSPS) is 32.1. The molecule has 0 spiro atoms. The summed E-state index contributed by atoms with van der Waals surface area (Å²) in [5, 5.41) is 3.12. The minimum atomic E-state index is -0.500. The maximum atomic E-state index is 11.8. The zero-order chi connectivity index (χ0) is 11.6. The lowest BCUT2D eigenvalue weighted by molar-refractivity contribution is -0.124. The number of carbonyl (C=O) groups is 1. The summed E-state index contributed by atoms with van der Waals surface area (Å²) in [6.45, 7) is 2.25. The molecule has 1 amide bonds. The van der Waals surface area contributed by atoms with E-state index in [0.29, 0.717) is 6.04 Å². The van der Waals surface area contributed by atoms with Gasteiger partial charge in [-0.2, -0.15) is 0 Å². The average molecular weight is 224 g/mol. The third kappa shape index (κ3) is 2.76. The Balaban J connectivity index is 1.71. The SMILES string of the molecule is CCCC1CCC(NC(=O)C2(N)CC2)CC1. The molecular weight excluding hydrogens is 200 g/mol. The van der Waals surface area contributed by atoms with Crippen molar-refractivity contribution in [2.45, 2.75) is 69.9 Å². The first-order valence-corrected chi connectivity index (χ1v) is 6.74. The Bertz CT molecular complexity index is 253. The van der Waals surface area contributed by atoms with Crippen molar-refractivity contribution in [3.05, 3.63) is 0 Å². The Morgan fingerprint density at radius 3 is 2.44 bits per heavy atom. The van der Waals surface area contributed by atoms with Gasteiger partial charge in [0.2, 0.25) is 5.91 Å². The van der Waals surface area contributed by atoms with Crippen LogP contribution in [0.5, 0.6) is 0 Å². The molecule has 3 heteroatoms. The molecule has 2 saturated carbocycles. The molecule has 92 valence electrons. The molecule has 2 aliphatic rings. The number of nitrogens with one attached hydrogen (secondary N) is 1. The van der Waals surface area contributed by atoms with E-state index in [2.05, 4.69) is 12.2 Å². The molecule has 0 heterocycles. The van der Waals surface area contributed by atoms with E-state index in [1.807, 2.05) is 0 Å². The molecular formula is C13H24N2O. The number of carbonyl (C=O) groups excluding carboxylic acids is 1. The predicted octanol–water partition coefficient (Wildman–Crippen LogP) is 1.95. The molecule has 3 N–H and O–H groups in total. The van der Waals surface area contributed by atoms with Crippen LogP contribution in [0.25, 0.3) is 0 Å². The van der Waals surface area contributed by atoms with Crippen LogP contribution in [-0.4, -0.2) is 17.5 Å². The summed E-state index contributed by atoms with van der Waals surface area (Å²) >= 11 is 0. The van der Waals surface area contributed by atoms with E-state index < -0.39 is 5.54 Å². The Kier molecular flexibility index (Phi) is 3.53. The van der Waals surface area contributed by atoms with Crippen molar-refractivity contribution in [2.24, 2.45) is 11.7 Å². The fourth-order valence-electron chi connectivity index (χ4n) is 2.69. The maximum absolute atomic E-state index is 11.8. The standard InChI is InChI=1S/C13H24N2O/c1-2-3-10-4-6-11(7-5-10)15-12(16)13(14)8-9-13/h10-11H,2-9,14H2,1H3,(H,15,16). The van der Waals surface area contributed by atoms with Gasteiger partial charge in [-0.15, -0.1) is 0 Å². The lowest BCUT2D eigenvalue weighted by Gasteiger charge is -2.29. The minimum absolute atomic E-state index is 0.0893. The highest BCUT2D eigenvalue weighted by Gasteiger charge is 2.46. The number of rotatable bonds is 4. The van der Waals surface area contributed by atoms with Crippen molar-refractivity contribution < 1.29 is 4.79 Å². The second-order valence-corrected chi connectivity index (χ2v) is 5.64. The van der Waals surface area contributed by atoms with Gasteiger partial charge < -0.3 is 11.1 Å². The Morgan fingerprint density at radius 1 is 1.31 bits per heavy atom. The van der Waals surface area contributed by atoms with Gasteiger partial charge in [-0.1, -0.05) is 19.8 Å². The van der Waals surface area contributed by atoms with Crippen molar-refractivity contribution in [3.8, 4) is 0 Å². The molecule has 16 heavy (non-hydrogen) atoms. The topological polar surface area (TPSA) is 55.1 Å². The van der Waals surface area contributed by atoms with Crippen LogP contribution in [0, 0.1) is 5.92 Å². The molecule has 0 aliphatic heterocycles. The molecule has 0 aromatic heterocycles. The fourth-order valence-corrected chi connectivity index (χ4v) is 2.69. The molecule has 2 rings (SSSR count). The minimum Gasteiger partial charge on any atom is -0.352 e. The quantitative estimate of drug-likeness (QED) is 0.767. The van der Waals surface area contributed by atoms with Gasteiger partial charge >= 0.3 is 0 Å². The third-order valence-electron chi connectivity index (χ3n) is 4.12. The monoisotopic (exact) mass is 224 g/mol. The van der Waals surface area contributed by atoms with Gasteiger partial charge in [-0.25, -0.2) is 0 Å². The van der Waals surface area contributed by atoms with E-state index in [4.69, 9.17) is 5.73 Å². The fraction of sp³-hybridized carbons (Fsp3) is 0.923. The van der Waals surface area contributed by atoms with Crippen molar-refractivity contribution >= 4 is 5.91 Å². The van der Waals surface area contributed by atoms with Crippen LogP contribution in [0.3, 0.4) is 0 Å². The van der Waals surface area contributed by atoms with E-state index in [1.165, 1.54) is 25.7 Å². The lowest BCUT2D eigenvalue weighted by Crippen LogP contribution is -2.48. The molecule has 0 radical (unpaired) electrons. The van der Waals surface area contributed by atoms with Crippen molar-refractivity contribution in [1.29, 1.82) is 0 Å². The molecule has 0 saturated heterocycles. The zero-order valence-electron chi connectivity index (χ0n) is 10.3. The zero-order valence-corrected chi connectivity index (χ0v) is 10.3. The second kappa shape index (κ2) is 4.74. The highest BCUT2D eigenvalue weighted by atomic mass is 16.2. The van der Waals surface area contributed by atoms with E-state index in [1.54, 1.807) is 0 Å². The first kappa shape index (κ1) is 11.9. The molecule has 0 bridgehead atoms. The first-order chi connectivity index (χ1) is 7.64. The summed E-state index contributed by atoms with van der Waals surface area (Å²) in [4.78, 5) is 11.8. The summed E-state index contributed by atoms with van der Waals surface area (Å²) in [7, 11) is 0. The molecule has 0 unspecified atom stereocenters. The number of amides is 1. The average Bonchev–Trinajstić information content (AvgIpc) is 3.01. The van der Waals surface area contributed by atoms with E-state index in [9.17, 15) is 4.79 Å². The van der Waals surface area contributed by atoms with E-state index >= 15 is 0 Å². The molecule has 3 nitrogen and oxygen atoms in total. The van der Waals surface area contributed by atoms with Crippen LogP contribution >= 0.6 is 0 Å². The molecule has 2 fully saturated rings. The van der Waals surface area contributed by atoms with Gasteiger partial charge in [-0.05, 0) is 44.4 Å². The van der Waals surface area contributed by atoms with E-state index in [0.717, 1.165) is 31.6 Å². The van der Waals surface area contributed by atoms with Gasteiger partial charge in [0, 0.05) is 6.04 Å². The second-order valence-electron chi connectivity index (χ2n) is 5.64. The highest BCUT2D eigenvalue weighted by Crippen LogP contribution is 2.33. The van der Waals surface area contributed by atoms with Crippen molar-refractivity contribution in [2.75, 3.05) is 0 Å². The summed E-state index contributed by atoms with van der Waals surface area (Å²) in [6, 6.07) is 0.390. The maximum Gasteiger partial charge on any atom is 0.240 e. The van der Waals surface area contributed by atoms with E-state index in [-0.39, 0.29) is 5.91 Å². The first-order valence-electron chi connectivity index (χ1n) is 6.74. The highest BCUT2D eigenvalue weighted by molar-refractivity contribution is 5.89. The van der Waals surface area contributed by atoms with Crippen LogP contribution in [0.4, 0.5) is 0 Å². The van der Waals surface area contributed by atoms with Crippen LogP contribution in [0.2, 0.25) is 0 Å². The Morgan fingerprint density at radius 2 is 1.94 bits per heavy atom. The largest absolute Gasteiger partial charge is 0.352 e. The molecule has 0 atom stereocenters. The van der Waals surface area contributed by atoms with Crippen molar-refractivity contribution in [3.63, 3.8) is 0 Å². The smallest absolute Gasteiger partial charge is 0.240 e. The lowest BCUT2D eigenvalue weighted by atomic mass is 9.83. The van der Waals surface area contributed by atoms with Crippen LogP contribution < -0.4 is 11.1 Å². The van der Waals surface area contributed by atoms with Gasteiger partial charge in [0.15, 0.2) is 0 Å². The molecule has 0 aromatic carbocycles. The van der Waals surface area contributed by atoms with Gasteiger partial charge in [0.25, 0.3) is 0 Å². The van der Waals surface area contributed by atoms with Crippen LogP contribution in [0.15, 0.2) is 0 Å². The van der Waals surface area contributed by atoms with Crippen LogP contribution in [-0.2, 0) is 4.79 Å². The van der Waals surface area contributed by atoms with Crippen LogP contribution in [0.1, 0.15) is 58.3 Å². The number of hydrogen-bond acceptors (Lipinski definition) is 2. The van der Waals surface area contributed by atoms with Crippen molar-refractivity contribution in [1.82, 2.24) is 5.32 Å². The Labute approximate surface area is 98.2 Å². The van der Waals surface area contributed by atoms with Gasteiger partial charge in [-0.3, -0.25) is 4.79 Å². The predicted molar refractivity (Wildman–Crippen MR) is 64.9 cm³/mol. The number of nitrogens with two attached hydrogens (primary N) is 1.